The zero-order valence-corrected chi connectivity index (χ0v) is 13.6. The molecule has 0 spiro atoms. The highest BCUT2D eigenvalue weighted by molar-refractivity contribution is 5.78. The minimum absolute atomic E-state index is 0.00303. The van der Waals surface area contributed by atoms with Crippen molar-refractivity contribution in [3.63, 3.8) is 0 Å². The summed E-state index contributed by atoms with van der Waals surface area (Å²) in [7, 11) is 0. The number of benzene rings is 1. The SMILES string of the molecule is CCN(CCC#N)C(=O)CN1C[C@H](O)C[C@H]1c1cc(F)ccc1F. The lowest BCUT2D eigenvalue weighted by atomic mass is 10.0. The third kappa shape index (κ3) is 4.28. The van der Waals surface area contributed by atoms with Crippen LogP contribution in [0.5, 0.6) is 0 Å². The van der Waals surface area contributed by atoms with Crippen LogP contribution in [0.4, 0.5) is 8.78 Å². The molecule has 130 valence electrons. The van der Waals surface area contributed by atoms with Gasteiger partial charge < -0.3 is 10.0 Å². The fraction of sp³-hybridized carbons (Fsp3) is 0.529. The first-order valence-electron chi connectivity index (χ1n) is 7.98. The highest BCUT2D eigenvalue weighted by Crippen LogP contribution is 2.33. The molecule has 2 atom stereocenters. The molecule has 0 saturated carbocycles. The molecular formula is C17H21F2N3O2. The Morgan fingerprint density at radius 3 is 2.92 bits per heavy atom. The van der Waals surface area contributed by atoms with Crippen LogP contribution in [0.15, 0.2) is 18.2 Å². The van der Waals surface area contributed by atoms with Crippen LogP contribution in [0.1, 0.15) is 31.4 Å². The number of amides is 1. The van der Waals surface area contributed by atoms with Crippen LogP contribution in [-0.2, 0) is 4.79 Å². The van der Waals surface area contributed by atoms with Gasteiger partial charge in [-0.2, -0.15) is 5.26 Å². The monoisotopic (exact) mass is 337 g/mol. The Morgan fingerprint density at radius 1 is 1.50 bits per heavy atom. The summed E-state index contributed by atoms with van der Waals surface area (Å²) in [5.74, 6) is -1.29. The normalized spacial score (nSPS) is 20.8. The van der Waals surface area contributed by atoms with Crippen molar-refractivity contribution in [3.8, 4) is 6.07 Å². The number of likely N-dealkylation sites (N-methyl/N-ethyl adjacent to an activating group) is 1. The largest absolute Gasteiger partial charge is 0.392 e. The molecule has 0 aromatic heterocycles. The van der Waals surface area contributed by atoms with Gasteiger partial charge in [-0.15, -0.1) is 0 Å². The van der Waals surface area contributed by atoms with Gasteiger partial charge in [0, 0.05) is 31.2 Å². The van der Waals surface area contributed by atoms with Gasteiger partial charge >= 0.3 is 0 Å². The van der Waals surface area contributed by atoms with Crippen LogP contribution in [-0.4, -0.2) is 53.1 Å². The van der Waals surface area contributed by atoms with E-state index in [0.29, 0.717) is 13.1 Å². The lowest BCUT2D eigenvalue weighted by molar-refractivity contribution is -0.132. The van der Waals surface area contributed by atoms with Crippen molar-refractivity contribution < 1.29 is 18.7 Å². The molecule has 0 unspecified atom stereocenters. The lowest BCUT2D eigenvalue weighted by Crippen LogP contribution is -2.41. The minimum atomic E-state index is -0.695. The van der Waals surface area contributed by atoms with Crippen molar-refractivity contribution in [2.24, 2.45) is 0 Å². The zero-order chi connectivity index (χ0) is 17.7. The molecule has 24 heavy (non-hydrogen) atoms. The van der Waals surface area contributed by atoms with Gasteiger partial charge in [0.25, 0.3) is 0 Å². The van der Waals surface area contributed by atoms with Crippen LogP contribution in [0.3, 0.4) is 0 Å². The number of nitrogens with zero attached hydrogens (tertiary/aromatic N) is 3. The average Bonchev–Trinajstić information content (AvgIpc) is 2.90. The van der Waals surface area contributed by atoms with E-state index in [1.54, 1.807) is 9.80 Å². The number of aliphatic hydroxyl groups is 1. The number of carbonyl (C=O) groups excluding carboxylic acids is 1. The summed E-state index contributed by atoms with van der Waals surface area (Å²) >= 11 is 0. The quantitative estimate of drug-likeness (QED) is 0.860. The van der Waals surface area contributed by atoms with Crippen LogP contribution < -0.4 is 0 Å². The molecule has 1 aromatic carbocycles. The summed E-state index contributed by atoms with van der Waals surface area (Å²) in [6.45, 7) is 2.84. The lowest BCUT2D eigenvalue weighted by Gasteiger charge is -2.27. The fourth-order valence-electron chi connectivity index (χ4n) is 3.07. The first-order valence-corrected chi connectivity index (χ1v) is 7.98. The Bertz CT molecular complexity index is 633. The third-order valence-corrected chi connectivity index (χ3v) is 4.26. The summed E-state index contributed by atoms with van der Waals surface area (Å²) in [5, 5.41) is 18.6. The molecule has 1 amide bonds. The van der Waals surface area contributed by atoms with E-state index >= 15 is 0 Å². The van der Waals surface area contributed by atoms with E-state index in [9.17, 15) is 18.7 Å². The van der Waals surface area contributed by atoms with E-state index in [4.69, 9.17) is 5.26 Å². The summed E-state index contributed by atoms with van der Waals surface area (Å²) in [5.41, 5.74) is 0.152. The number of carbonyl (C=O) groups is 1. The molecule has 0 aliphatic carbocycles. The number of hydrogen-bond acceptors (Lipinski definition) is 4. The number of likely N-dealkylation sites (tertiary alicyclic amines) is 1. The van der Waals surface area contributed by atoms with Gasteiger partial charge in [-0.3, -0.25) is 9.69 Å². The number of β-amino-alcohol motifs (C(OH)–C–C–N with tert-alkyl or cyclic N) is 1. The van der Waals surface area contributed by atoms with Gasteiger partial charge in [-0.25, -0.2) is 8.78 Å². The van der Waals surface area contributed by atoms with E-state index in [1.165, 1.54) is 0 Å². The van der Waals surface area contributed by atoms with Crippen LogP contribution >= 0.6 is 0 Å². The molecule has 1 N–H and O–H groups in total. The fourth-order valence-corrected chi connectivity index (χ4v) is 3.07. The molecule has 1 fully saturated rings. The first-order chi connectivity index (χ1) is 11.5. The number of hydrogen-bond donors (Lipinski definition) is 1. The Kier molecular flexibility index (Phi) is 6.23. The van der Waals surface area contributed by atoms with Crippen molar-refractivity contribution in [1.29, 1.82) is 5.26 Å². The van der Waals surface area contributed by atoms with Crippen molar-refractivity contribution in [3.05, 3.63) is 35.4 Å². The molecule has 2 rings (SSSR count). The Morgan fingerprint density at radius 2 is 2.25 bits per heavy atom. The highest BCUT2D eigenvalue weighted by Gasteiger charge is 2.35. The predicted molar refractivity (Wildman–Crippen MR) is 83.8 cm³/mol. The van der Waals surface area contributed by atoms with E-state index < -0.39 is 23.8 Å². The minimum Gasteiger partial charge on any atom is -0.392 e. The molecule has 5 nitrogen and oxygen atoms in total. The smallest absolute Gasteiger partial charge is 0.236 e. The molecule has 1 heterocycles. The van der Waals surface area contributed by atoms with E-state index in [0.717, 1.165) is 18.2 Å². The first kappa shape index (κ1) is 18.3. The average molecular weight is 337 g/mol. The maximum atomic E-state index is 14.0. The molecule has 1 aliphatic heterocycles. The second kappa shape index (κ2) is 8.18. The number of halogens is 2. The molecule has 1 aromatic rings. The zero-order valence-electron chi connectivity index (χ0n) is 13.6. The van der Waals surface area contributed by atoms with Gasteiger partial charge in [0.2, 0.25) is 5.91 Å². The standard InChI is InChI=1S/C17H21F2N3O2/c1-2-21(7-3-6-20)17(24)11-22-10-13(23)9-16(22)14-8-12(18)4-5-15(14)19/h4-5,8,13,16,23H,2-3,7,9-11H2,1H3/t13-,16+/m1/s1. The van der Waals surface area contributed by atoms with Crippen molar-refractivity contribution >= 4 is 5.91 Å². The summed E-state index contributed by atoms with van der Waals surface area (Å²) in [6.07, 6.45) is -0.207. The third-order valence-electron chi connectivity index (χ3n) is 4.26. The van der Waals surface area contributed by atoms with Crippen LogP contribution in [0.2, 0.25) is 0 Å². The highest BCUT2D eigenvalue weighted by atomic mass is 19.1. The number of aliphatic hydroxyl groups excluding tert-OH is 1. The summed E-state index contributed by atoms with van der Waals surface area (Å²) in [4.78, 5) is 15.6. The molecule has 1 aliphatic rings. The van der Waals surface area contributed by atoms with Gasteiger partial charge in [0.15, 0.2) is 0 Å². The molecule has 0 radical (unpaired) electrons. The topological polar surface area (TPSA) is 67.6 Å². The van der Waals surface area contributed by atoms with Gasteiger partial charge in [0.05, 0.1) is 25.1 Å². The Labute approximate surface area is 140 Å². The van der Waals surface area contributed by atoms with Crippen LogP contribution in [0, 0.1) is 23.0 Å². The van der Waals surface area contributed by atoms with Gasteiger partial charge in [0.1, 0.15) is 11.6 Å². The molecule has 1 saturated heterocycles. The number of nitriles is 1. The van der Waals surface area contributed by atoms with Crippen LogP contribution in [0.25, 0.3) is 0 Å². The van der Waals surface area contributed by atoms with Crippen molar-refractivity contribution in [2.45, 2.75) is 31.9 Å². The number of rotatable bonds is 6. The second-order valence-corrected chi connectivity index (χ2v) is 5.88. The van der Waals surface area contributed by atoms with Crippen molar-refractivity contribution in [1.82, 2.24) is 9.80 Å². The summed E-state index contributed by atoms with van der Waals surface area (Å²) in [6, 6.07) is 4.66. The van der Waals surface area contributed by atoms with Gasteiger partial charge in [-0.05, 0) is 31.5 Å². The Balaban J connectivity index is 2.14. The Hall–Kier alpha value is -2.04. The van der Waals surface area contributed by atoms with Gasteiger partial charge in [-0.1, -0.05) is 0 Å². The van der Waals surface area contributed by atoms with Crippen molar-refractivity contribution in [2.75, 3.05) is 26.2 Å². The predicted octanol–water partition coefficient (Wildman–Crippen LogP) is 1.83. The van der Waals surface area contributed by atoms with E-state index in [-0.39, 0.29) is 37.4 Å². The second-order valence-electron chi connectivity index (χ2n) is 5.88. The molecule has 7 heteroatoms. The molecular weight excluding hydrogens is 316 g/mol. The molecule has 0 bridgehead atoms. The van der Waals surface area contributed by atoms with E-state index in [2.05, 4.69) is 0 Å². The summed E-state index contributed by atoms with van der Waals surface area (Å²) < 4.78 is 27.5. The van der Waals surface area contributed by atoms with E-state index in [1.807, 2.05) is 13.0 Å². The maximum Gasteiger partial charge on any atom is 0.236 e. The maximum absolute atomic E-state index is 14.0.